The molecule has 21 heavy (non-hydrogen) atoms. The minimum atomic E-state index is 0.107. The Labute approximate surface area is 128 Å². The Balaban J connectivity index is 2.18. The second-order valence-electron chi connectivity index (χ2n) is 5.48. The normalized spacial score (nSPS) is 17.0. The molecule has 1 aliphatic rings. The Kier molecular flexibility index (Phi) is 6.05. The van der Waals surface area contributed by atoms with Gasteiger partial charge in [-0.25, -0.2) is 0 Å². The maximum atomic E-state index is 5.57. The zero-order valence-electron chi connectivity index (χ0n) is 13.2. The zero-order chi connectivity index (χ0) is 15.0. The van der Waals surface area contributed by atoms with Crippen LogP contribution in [-0.4, -0.2) is 38.8 Å². The monoisotopic (exact) mass is 289 g/mol. The molecule has 116 valence electrons. The van der Waals surface area contributed by atoms with Gasteiger partial charge in [-0.1, -0.05) is 30.3 Å². The molecule has 1 aromatic carbocycles. The van der Waals surface area contributed by atoms with Crippen LogP contribution >= 0.6 is 0 Å². The fraction of sp³-hybridized carbons (Fsp3) is 0.588. The summed E-state index contributed by atoms with van der Waals surface area (Å²) in [5.74, 6) is 0.904. The minimum Gasteiger partial charge on any atom is -0.381 e. The van der Waals surface area contributed by atoms with Crippen molar-refractivity contribution in [3.63, 3.8) is 0 Å². The van der Waals surface area contributed by atoms with Gasteiger partial charge in [0.25, 0.3) is 0 Å². The number of ether oxygens (including phenoxy) is 1. The van der Waals surface area contributed by atoms with Crippen LogP contribution in [0.1, 0.15) is 32.3 Å². The minimum absolute atomic E-state index is 0.107. The predicted molar refractivity (Wildman–Crippen MR) is 87.8 cm³/mol. The van der Waals surface area contributed by atoms with Crippen molar-refractivity contribution in [3.05, 3.63) is 35.9 Å². The van der Waals surface area contributed by atoms with Gasteiger partial charge in [0.2, 0.25) is 0 Å². The summed E-state index contributed by atoms with van der Waals surface area (Å²) < 4.78 is 5.57. The van der Waals surface area contributed by atoms with E-state index in [1.54, 1.807) is 0 Å². The van der Waals surface area contributed by atoms with E-state index in [-0.39, 0.29) is 5.41 Å². The maximum Gasteiger partial charge on any atom is 0.191 e. The molecular weight excluding hydrogens is 262 g/mol. The molecule has 1 fully saturated rings. The zero-order valence-corrected chi connectivity index (χ0v) is 13.2. The van der Waals surface area contributed by atoms with Crippen molar-refractivity contribution < 1.29 is 4.74 Å². The predicted octanol–water partition coefficient (Wildman–Crippen LogP) is 2.31. The summed E-state index contributed by atoms with van der Waals surface area (Å²) in [5, 5.41) is 6.60. The van der Waals surface area contributed by atoms with E-state index in [1.165, 1.54) is 5.56 Å². The van der Waals surface area contributed by atoms with Crippen LogP contribution in [0.5, 0.6) is 0 Å². The highest BCUT2D eigenvalue weighted by Crippen LogP contribution is 2.35. The third-order valence-corrected chi connectivity index (χ3v) is 4.06. The molecule has 1 aromatic rings. The highest BCUT2D eigenvalue weighted by atomic mass is 16.5. The van der Waals surface area contributed by atoms with Crippen LogP contribution in [0.4, 0.5) is 0 Å². The van der Waals surface area contributed by atoms with E-state index < -0.39 is 0 Å². The Morgan fingerprint density at radius 1 is 1.10 bits per heavy atom. The summed E-state index contributed by atoms with van der Waals surface area (Å²) in [7, 11) is 0. The van der Waals surface area contributed by atoms with Gasteiger partial charge in [-0.2, -0.15) is 0 Å². The number of rotatable bonds is 5. The second-order valence-corrected chi connectivity index (χ2v) is 5.48. The van der Waals surface area contributed by atoms with E-state index in [9.17, 15) is 0 Å². The van der Waals surface area contributed by atoms with Gasteiger partial charge in [-0.15, -0.1) is 0 Å². The van der Waals surface area contributed by atoms with Gasteiger partial charge in [0.15, 0.2) is 5.96 Å². The van der Waals surface area contributed by atoms with Crippen LogP contribution in [0.15, 0.2) is 35.3 Å². The summed E-state index contributed by atoms with van der Waals surface area (Å²) in [4.78, 5) is 4.81. The second kappa shape index (κ2) is 8.03. The molecule has 1 aliphatic heterocycles. The smallest absolute Gasteiger partial charge is 0.191 e. The number of nitrogens with zero attached hydrogens (tertiary/aromatic N) is 1. The number of nitrogens with one attached hydrogen (secondary N) is 2. The van der Waals surface area contributed by atoms with E-state index >= 15 is 0 Å². The molecule has 0 unspecified atom stereocenters. The molecule has 0 saturated carbocycles. The first kappa shape index (κ1) is 15.8. The van der Waals surface area contributed by atoms with E-state index in [0.717, 1.165) is 51.6 Å². The lowest BCUT2D eigenvalue weighted by atomic mass is 9.74. The largest absolute Gasteiger partial charge is 0.381 e. The molecule has 1 heterocycles. The summed E-state index contributed by atoms with van der Waals surface area (Å²) in [5.41, 5.74) is 1.49. The quantitative estimate of drug-likeness (QED) is 0.646. The molecular formula is C17H27N3O. The molecule has 0 aromatic heterocycles. The lowest BCUT2D eigenvalue weighted by Crippen LogP contribution is -2.41. The van der Waals surface area contributed by atoms with Gasteiger partial charge in [0.1, 0.15) is 0 Å². The first-order valence-electron chi connectivity index (χ1n) is 7.96. The molecule has 4 heteroatoms. The molecule has 0 amide bonds. The van der Waals surface area contributed by atoms with Gasteiger partial charge in [-0.3, -0.25) is 4.99 Å². The fourth-order valence-corrected chi connectivity index (χ4v) is 2.83. The molecule has 0 atom stereocenters. The molecule has 0 bridgehead atoms. The van der Waals surface area contributed by atoms with Crippen molar-refractivity contribution in [2.75, 3.05) is 32.8 Å². The van der Waals surface area contributed by atoms with E-state index in [0.29, 0.717) is 0 Å². The molecule has 0 radical (unpaired) electrons. The lowest BCUT2D eigenvalue weighted by Gasteiger charge is -2.36. The van der Waals surface area contributed by atoms with E-state index in [2.05, 4.69) is 54.8 Å². The van der Waals surface area contributed by atoms with Crippen molar-refractivity contribution in [1.29, 1.82) is 0 Å². The molecule has 0 aliphatic carbocycles. The first-order chi connectivity index (χ1) is 10.3. The standard InChI is InChI=1S/C17H27N3O/c1-3-18-16(19-4-2)20-14-17(10-12-21-13-11-17)15-8-6-5-7-9-15/h5-9H,3-4,10-14H2,1-2H3,(H2,18,19,20). The van der Waals surface area contributed by atoms with Gasteiger partial charge >= 0.3 is 0 Å². The van der Waals surface area contributed by atoms with Gasteiger partial charge in [0, 0.05) is 31.7 Å². The number of benzene rings is 1. The average Bonchev–Trinajstić information content (AvgIpc) is 2.55. The SMILES string of the molecule is CCNC(=NCC1(c2ccccc2)CCOCC1)NCC. The number of guanidine groups is 1. The Bertz CT molecular complexity index is 431. The van der Waals surface area contributed by atoms with E-state index in [1.807, 2.05) is 0 Å². The molecule has 1 saturated heterocycles. The van der Waals surface area contributed by atoms with E-state index in [4.69, 9.17) is 9.73 Å². The molecule has 2 rings (SSSR count). The van der Waals surface area contributed by atoms with Crippen LogP contribution in [-0.2, 0) is 10.2 Å². The summed E-state index contributed by atoms with van der Waals surface area (Å²) in [6.45, 7) is 8.39. The van der Waals surface area contributed by atoms with Crippen molar-refractivity contribution in [2.45, 2.75) is 32.1 Å². The Morgan fingerprint density at radius 3 is 2.29 bits per heavy atom. The summed E-state index contributed by atoms with van der Waals surface area (Å²) in [6.07, 6.45) is 2.07. The van der Waals surface area contributed by atoms with Crippen LogP contribution in [0.25, 0.3) is 0 Å². The Morgan fingerprint density at radius 2 is 1.71 bits per heavy atom. The summed E-state index contributed by atoms with van der Waals surface area (Å²) in [6, 6.07) is 10.8. The van der Waals surface area contributed by atoms with Gasteiger partial charge in [-0.05, 0) is 32.3 Å². The van der Waals surface area contributed by atoms with Gasteiger partial charge in [0.05, 0.1) is 6.54 Å². The topological polar surface area (TPSA) is 45.7 Å². The number of hydrogen-bond acceptors (Lipinski definition) is 2. The van der Waals surface area contributed by atoms with Gasteiger partial charge < -0.3 is 15.4 Å². The molecule has 2 N–H and O–H groups in total. The average molecular weight is 289 g/mol. The van der Waals surface area contributed by atoms with Crippen LogP contribution in [0, 0.1) is 0 Å². The molecule has 0 spiro atoms. The third-order valence-electron chi connectivity index (χ3n) is 4.06. The highest BCUT2D eigenvalue weighted by Gasteiger charge is 2.34. The van der Waals surface area contributed by atoms with Crippen molar-refractivity contribution in [1.82, 2.24) is 10.6 Å². The summed E-state index contributed by atoms with van der Waals surface area (Å²) >= 11 is 0. The number of hydrogen-bond donors (Lipinski definition) is 2. The van der Waals surface area contributed by atoms with Crippen LogP contribution < -0.4 is 10.6 Å². The molecule has 4 nitrogen and oxygen atoms in total. The number of aliphatic imine (C=N–C) groups is 1. The van der Waals surface area contributed by atoms with Crippen molar-refractivity contribution in [3.8, 4) is 0 Å². The third kappa shape index (κ3) is 4.21. The van der Waals surface area contributed by atoms with Crippen LogP contribution in [0.3, 0.4) is 0 Å². The van der Waals surface area contributed by atoms with Crippen molar-refractivity contribution >= 4 is 5.96 Å². The van der Waals surface area contributed by atoms with Crippen LogP contribution in [0.2, 0.25) is 0 Å². The first-order valence-corrected chi connectivity index (χ1v) is 7.96. The lowest BCUT2D eigenvalue weighted by molar-refractivity contribution is 0.0531. The fourth-order valence-electron chi connectivity index (χ4n) is 2.83. The van der Waals surface area contributed by atoms with Crippen molar-refractivity contribution in [2.24, 2.45) is 4.99 Å². The Hall–Kier alpha value is -1.55. The maximum absolute atomic E-state index is 5.57. The highest BCUT2D eigenvalue weighted by molar-refractivity contribution is 5.79.